The third-order valence-corrected chi connectivity index (χ3v) is 65.6. The summed E-state index contributed by atoms with van der Waals surface area (Å²) >= 11 is -4.83. The fourth-order valence-corrected chi connectivity index (χ4v) is 42.7. The summed E-state index contributed by atoms with van der Waals surface area (Å²) in [4.78, 5) is 0. The first-order valence-corrected chi connectivity index (χ1v) is 36.3. The molecule has 0 amide bonds. The SMILES string of the molecule is CC1=Cc2c(-c3ccc(C4CCCCC4)cc3)cccc2[CH]1[Zr]([Cl])([Cl])([CH]1C(C2CCCC2)=Cc2c(-c3ccc(C(C)C)cc3)cccc21)[SiH](C)C. The molecule has 0 saturated heterocycles. The zero-order valence-corrected chi connectivity index (χ0v) is 36.4. The Morgan fingerprint density at radius 1 is 0.608 bits per heavy atom. The first-order valence-electron chi connectivity index (χ1n) is 20.0. The van der Waals surface area contributed by atoms with Gasteiger partial charge < -0.3 is 0 Å². The van der Waals surface area contributed by atoms with Crippen LogP contribution in [0.4, 0.5) is 0 Å². The number of benzene rings is 4. The molecule has 2 atom stereocenters. The number of fused-ring (bicyclic) bond motifs is 2. The van der Waals surface area contributed by atoms with Crippen molar-refractivity contribution in [3.05, 3.63) is 129 Å². The zero-order valence-electron chi connectivity index (χ0n) is 31.3. The van der Waals surface area contributed by atoms with Crippen molar-refractivity contribution >= 4 is 35.1 Å². The van der Waals surface area contributed by atoms with E-state index >= 15 is 0 Å². The molecule has 2 saturated carbocycles. The van der Waals surface area contributed by atoms with E-state index in [4.69, 9.17) is 17.0 Å². The molecule has 0 N–H and O–H groups in total. The minimum atomic E-state index is -4.83. The van der Waals surface area contributed by atoms with E-state index in [1.807, 2.05) is 0 Å². The van der Waals surface area contributed by atoms with Crippen LogP contribution in [0, 0.1) is 5.92 Å². The second-order valence-electron chi connectivity index (χ2n) is 17.1. The summed E-state index contributed by atoms with van der Waals surface area (Å²) in [5.41, 5.74) is 16.6. The van der Waals surface area contributed by atoms with Gasteiger partial charge >= 0.3 is 319 Å². The van der Waals surface area contributed by atoms with E-state index in [0.717, 1.165) is 5.92 Å². The molecule has 4 heteroatoms. The van der Waals surface area contributed by atoms with E-state index in [0.29, 0.717) is 11.8 Å². The van der Waals surface area contributed by atoms with Crippen molar-refractivity contribution in [1.29, 1.82) is 0 Å². The van der Waals surface area contributed by atoms with Crippen molar-refractivity contribution in [2.24, 2.45) is 5.92 Å². The summed E-state index contributed by atoms with van der Waals surface area (Å²) in [6, 6.07) is 32.9. The summed E-state index contributed by atoms with van der Waals surface area (Å²) < 4.78 is 0.264. The van der Waals surface area contributed by atoms with Crippen molar-refractivity contribution in [3.8, 4) is 22.3 Å². The van der Waals surface area contributed by atoms with Gasteiger partial charge in [-0.2, -0.15) is 0 Å². The summed E-state index contributed by atoms with van der Waals surface area (Å²) in [6.45, 7) is 11.9. The first-order chi connectivity index (χ1) is 24.6. The third kappa shape index (κ3) is 6.12. The Balaban J connectivity index is 1.25. The molecular weight excluding hydrogens is 755 g/mol. The van der Waals surface area contributed by atoms with Crippen molar-refractivity contribution in [2.75, 3.05) is 0 Å². The van der Waals surface area contributed by atoms with E-state index in [2.05, 4.69) is 131 Å². The van der Waals surface area contributed by atoms with Gasteiger partial charge in [-0.05, 0) is 0 Å². The Kier molecular flexibility index (Phi) is 9.91. The van der Waals surface area contributed by atoms with Crippen molar-refractivity contribution in [2.45, 2.75) is 111 Å². The van der Waals surface area contributed by atoms with Crippen LogP contribution in [-0.4, -0.2) is 5.92 Å². The molecule has 8 rings (SSSR count). The summed E-state index contributed by atoms with van der Waals surface area (Å²) in [6.07, 6.45) is 17.0. The van der Waals surface area contributed by atoms with Crippen LogP contribution in [0.5, 0.6) is 0 Å². The van der Waals surface area contributed by atoms with Gasteiger partial charge in [0.25, 0.3) is 0 Å². The molecule has 0 aliphatic heterocycles. The predicted octanol–water partition coefficient (Wildman–Crippen LogP) is 15.0. The van der Waals surface area contributed by atoms with Crippen LogP contribution in [0.15, 0.2) is 96.1 Å². The maximum atomic E-state index is 8.78. The number of hydrogen-bond acceptors (Lipinski definition) is 0. The van der Waals surface area contributed by atoms with Gasteiger partial charge in [-0.15, -0.1) is 0 Å². The Bertz CT molecular complexity index is 1990. The summed E-state index contributed by atoms with van der Waals surface area (Å²) in [7, 11) is 17.6. The number of rotatable bonds is 8. The summed E-state index contributed by atoms with van der Waals surface area (Å²) in [5, 5.41) is 0. The van der Waals surface area contributed by atoms with Crippen LogP contribution in [0.1, 0.15) is 131 Å². The number of hydrogen-bond donors (Lipinski definition) is 0. The van der Waals surface area contributed by atoms with Crippen LogP contribution in [0.2, 0.25) is 13.1 Å². The van der Waals surface area contributed by atoms with Gasteiger partial charge in [-0.3, -0.25) is 0 Å². The van der Waals surface area contributed by atoms with E-state index < -0.39 is 21.5 Å². The van der Waals surface area contributed by atoms with Gasteiger partial charge in [-0.1, -0.05) is 0 Å². The maximum absolute atomic E-state index is 8.78. The van der Waals surface area contributed by atoms with E-state index in [1.165, 1.54) is 119 Å². The van der Waals surface area contributed by atoms with Crippen molar-refractivity contribution < 1.29 is 15.6 Å². The molecule has 0 nitrogen and oxygen atoms in total. The second kappa shape index (κ2) is 14.0. The normalized spacial score (nSPS) is 21.8. The molecule has 4 aromatic carbocycles. The molecule has 0 bridgehead atoms. The second-order valence-corrected chi connectivity index (χ2v) is 59.6. The van der Waals surface area contributed by atoms with Gasteiger partial charge in [0, 0.05) is 0 Å². The van der Waals surface area contributed by atoms with Crippen LogP contribution in [0.25, 0.3) is 34.4 Å². The molecule has 2 fully saturated rings. The Labute approximate surface area is 316 Å². The summed E-state index contributed by atoms with van der Waals surface area (Å²) in [5.74, 6) is 0.180. The Hall–Kier alpha value is -1.96. The average Bonchev–Trinajstić information content (AvgIpc) is 3.90. The Morgan fingerprint density at radius 2 is 1.12 bits per heavy atom. The quantitative estimate of drug-likeness (QED) is 0.156. The zero-order chi connectivity index (χ0) is 35.5. The Morgan fingerprint density at radius 3 is 1.69 bits per heavy atom. The van der Waals surface area contributed by atoms with E-state index in [1.54, 1.807) is 5.57 Å². The molecule has 4 aromatic rings. The van der Waals surface area contributed by atoms with Crippen LogP contribution >= 0.6 is 17.0 Å². The molecule has 4 aliphatic carbocycles. The molecule has 0 radical (unpaired) electrons. The fraction of sp³-hybridized carbons (Fsp3) is 0.404. The molecule has 51 heavy (non-hydrogen) atoms. The van der Waals surface area contributed by atoms with Gasteiger partial charge in [-0.25, -0.2) is 0 Å². The molecular formula is C47H55Cl2SiZr. The average molecular weight is 810 g/mol. The van der Waals surface area contributed by atoms with Crippen molar-refractivity contribution in [1.82, 2.24) is 0 Å². The topological polar surface area (TPSA) is 0 Å². The third-order valence-electron chi connectivity index (χ3n) is 13.6. The number of halogens is 2. The molecule has 265 valence electrons. The van der Waals surface area contributed by atoms with Gasteiger partial charge in [0.05, 0.1) is 0 Å². The van der Waals surface area contributed by atoms with Crippen molar-refractivity contribution in [3.63, 3.8) is 0 Å². The van der Waals surface area contributed by atoms with Gasteiger partial charge in [0.15, 0.2) is 0 Å². The van der Waals surface area contributed by atoms with E-state index in [9.17, 15) is 0 Å². The molecule has 0 spiro atoms. The van der Waals surface area contributed by atoms with Crippen LogP contribution in [-0.2, 0) is 15.6 Å². The standard InChI is InChI=1S/C23H25.C22H23.C2H7Si.2ClH.Zr/c1-16(2)17-10-12-19(13-11-17)22-9-5-8-20-14-21(15-23(20)22)18-6-3-4-7-18;1-16-14-20-8-5-9-21(22(20)15-16)19-12-10-18(11-13-19)17-6-3-2-4-7-17;1-3-2;;;/h5,8-16,18H,3-4,6-7H2,1-2H3;5,8-15,17H,2-4,6-7H2,1H3;3H,1-2H3;2*1H;/q;;;;;+2/p-2. The van der Waals surface area contributed by atoms with Crippen LogP contribution in [0.3, 0.4) is 0 Å². The van der Waals surface area contributed by atoms with Gasteiger partial charge in [0.2, 0.25) is 0 Å². The molecule has 0 aromatic heterocycles. The molecule has 0 heterocycles. The van der Waals surface area contributed by atoms with Gasteiger partial charge in [0.1, 0.15) is 0 Å². The first kappa shape index (κ1) is 36.0. The number of allylic oxidation sites excluding steroid dienone is 2. The molecule has 2 unspecified atom stereocenters. The monoisotopic (exact) mass is 807 g/mol. The predicted molar refractivity (Wildman–Crippen MR) is 223 cm³/mol. The van der Waals surface area contributed by atoms with E-state index in [-0.39, 0.29) is 7.25 Å². The minimum absolute atomic E-state index is 0.118. The fourth-order valence-electron chi connectivity index (χ4n) is 10.7. The van der Waals surface area contributed by atoms with Crippen LogP contribution < -0.4 is 0 Å². The molecule has 4 aliphatic rings.